The van der Waals surface area contributed by atoms with Crippen molar-refractivity contribution in [3.05, 3.63) is 29.8 Å². The van der Waals surface area contributed by atoms with Crippen molar-refractivity contribution in [2.45, 2.75) is 13.0 Å². The van der Waals surface area contributed by atoms with E-state index in [2.05, 4.69) is 25.1 Å². The first-order valence-electron chi connectivity index (χ1n) is 5.22. The molecule has 0 aromatic heterocycles. The summed E-state index contributed by atoms with van der Waals surface area (Å²) in [5, 5.41) is 7.32. The zero-order chi connectivity index (χ0) is 12.1. The van der Waals surface area contributed by atoms with Gasteiger partial charge in [-0.25, -0.2) is 0 Å². The van der Waals surface area contributed by atoms with Gasteiger partial charge in [0.1, 0.15) is 5.84 Å². The molecule has 0 aliphatic heterocycles. The standard InChI is InChI=1S/C12H19N3S/c1-9(8-16-3)15(2)11-6-4-10(5-7-11)12(13)14/h4-7,9H,8H2,1-3H3,(H3,13,14). The number of thioether (sulfide) groups is 1. The molecule has 0 saturated carbocycles. The van der Waals surface area contributed by atoms with E-state index in [-0.39, 0.29) is 5.84 Å². The van der Waals surface area contributed by atoms with Crippen LogP contribution in [-0.2, 0) is 0 Å². The highest BCUT2D eigenvalue weighted by Gasteiger charge is 2.09. The second kappa shape index (κ2) is 5.80. The summed E-state index contributed by atoms with van der Waals surface area (Å²) in [7, 11) is 2.09. The molecular weight excluding hydrogens is 218 g/mol. The van der Waals surface area contributed by atoms with Crippen LogP contribution in [0.1, 0.15) is 12.5 Å². The summed E-state index contributed by atoms with van der Waals surface area (Å²) in [5.41, 5.74) is 7.35. The van der Waals surface area contributed by atoms with Gasteiger partial charge in [0.15, 0.2) is 0 Å². The third-order valence-electron chi connectivity index (χ3n) is 2.65. The van der Waals surface area contributed by atoms with Gasteiger partial charge in [0, 0.05) is 30.1 Å². The van der Waals surface area contributed by atoms with Crippen LogP contribution in [0, 0.1) is 5.41 Å². The molecular formula is C12H19N3S. The van der Waals surface area contributed by atoms with Gasteiger partial charge >= 0.3 is 0 Å². The van der Waals surface area contributed by atoms with E-state index in [1.165, 1.54) is 0 Å². The highest BCUT2D eigenvalue weighted by atomic mass is 32.2. The first-order chi connectivity index (χ1) is 7.56. The van der Waals surface area contributed by atoms with E-state index in [0.717, 1.165) is 17.0 Å². The minimum atomic E-state index is 0.117. The van der Waals surface area contributed by atoms with Gasteiger partial charge in [0.25, 0.3) is 0 Å². The Kier molecular flexibility index (Phi) is 4.68. The predicted octanol–water partition coefficient (Wildman–Crippen LogP) is 2.16. The molecule has 3 N–H and O–H groups in total. The summed E-state index contributed by atoms with van der Waals surface area (Å²) < 4.78 is 0. The van der Waals surface area contributed by atoms with Crippen LogP contribution in [0.2, 0.25) is 0 Å². The molecule has 0 heterocycles. The van der Waals surface area contributed by atoms with Gasteiger partial charge in [0.05, 0.1) is 0 Å². The molecule has 1 rings (SSSR count). The number of hydrogen-bond acceptors (Lipinski definition) is 3. The molecule has 1 atom stereocenters. The van der Waals surface area contributed by atoms with E-state index in [1.54, 1.807) is 0 Å². The van der Waals surface area contributed by atoms with E-state index in [9.17, 15) is 0 Å². The monoisotopic (exact) mass is 237 g/mol. The quantitative estimate of drug-likeness (QED) is 0.609. The van der Waals surface area contributed by atoms with Crippen molar-refractivity contribution in [2.75, 3.05) is 24.0 Å². The van der Waals surface area contributed by atoms with Crippen LogP contribution < -0.4 is 10.6 Å². The summed E-state index contributed by atoms with van der Waals surface area (Å²) in [5.74, 6) is 1.22. The minimum Gasteiger partial charge on any atom is -0.384 e. The zero-order valence-electron chi connectivity index (χ0n) is 10.0. The highest BCUT2D eigenvalue weighted by molar-refractivity contribution is 7.98. The number of amidine groups is 1. The number of nitrogen functional groups attached to an aromatic ring is 1. The maximum Gasteiger partial charge on any atom is 0.122 e. The molecule has 0 amide bonds. The average Bonchev–Trinajstić information content (AvgIpc) is 2.28. The fourth-order valence-corrected chi connectivity index (χ4v) is 2.19. The van der Waals surface area contributed by atoms with Gasteiger partial charge in [-0.3, -0.25) is 5.41 Å². The van der Waals surface area contributed by atoms with E-state index in [4.69, 9.17) is 11.1 Å². The van der Waals surface area contributed by atoms with Crippen LogP contribution in [-0.4, -0.2) is 30.9 Å². The summed E-state index contributed by atoms with van der Waals surface area (Å²) in [4.78, 5) is 2.24. The van der Waals surface area contributed by atoms with E-state index < -0.39 is 0 Å². The molecule has 1 aromatic carbocycles. The summed E-state index contributed by atoms with van der Waals surface area (Å²) >= 11 is 1.84. The molecule has 1 unspecified atom stereocenters. The Morgan fingerprint density at radius 3 is 2.44 bits per heavy atom. The molecule has 16 heavy (non-hydrogen) atoms. The van der Waals surface area contributed by atoms with Gasteiger partial charge in [0.2, 0.25) is 0 Å². The van der Waals surface area contributed by atoms with Crippen molar-refractivity contribution in [3.8, 4) is 0 Å². The van der Waals surface area contributed by atoms with Crippen LogP contribution in [0.5, 0.6) is 0 Å². The Morgan fingerprint density at radius 2 is 2.00 bits per heavy atom. The molecule has 4 heteroatoms. The zero-order valence-corrected chi connectivity index (χ0v) is 10.8. The smallest absolute Gasteiger partial charge is 0.122 e. The van der Waals surface area contributed by atoms with Crippen LogP contribution in [0.4, 0.5) is 5.69 Å². The number of nitrogens with one attached hydrogen (secondary N) is 1. The third-order valence-corrected chi connectivity index (χ3v) is 3.47. The summed E-state index contributed by atoms with van der Waals surface area (Å²) in [6.45, 7) is 2.20. The van der Waals surface area contributed by atoms with Gasteiger partial charge in [-0.1, -0.05) is 0 Å². The SMILES string of the molecule is CSCC(C)N(C)c1ccc(C(=N)N)cc1. The molecule has 0 aliphatic carbocycles. The fourth-order valence-electron chi connectivity index (χ4n) is 1.48. The predicted molar refractivity (Wildman–Crippen MR) is 73.7 cm³/mol. The number of nitrogens with two attached hydrogens (primary N) is 1. The summed E-state index contributed by atoms with van der Waals surface area (Å²) in [6, 6.07) is 8.29. The van der Waals surface area contributed by atoms with Gasteiger partial charge in [-0.05, 0) is 37.4 Å². The molecule has 0 bridgehead atoms. The topological polar surface area (TPSA) is 53.1 Å². The lowest BCUT2D eigenvalue weighted by atomic mass is 10.1. The van der Waals surface area contributed by atoms with Crippen LogP contribution in [0.15, 0.2) is 24.3 Å². The molecule has 0 spiro atoms. The molecule has 0 aliphatic rings. The highest BCUT2D eigenvalue weighted by Crippen LogP contribution is 2.17. The lowest BCUT2D eigenvalue weighted by Gasteiger charge is -2.26. The van der Waals surface area contributed by atoms with Crippen molar-refractivity contribution in [1.29, 1.82) is 5.41 Å². The second-order valence-corrected chi connectivity index (χ2v) is 4.79. The van der Waals surface area contributed by atoms with Crippen LogP contribution in [0.25, 0.3) is 0 Å². The van der Waals surface area contributed by atoms with Crippen LogP contribution >= 0.6 is 11.8 Å². The Balaban J connectivity index is 2.77. The van der Waals surface area contributed by atoms with Crippen molar-refractivity contribution in [3.63, 3.8) is 0 Å². The Morgan fingerprint density at radius 1 is 1.44 bits per heavy atom. The molecule has 88 valence electrons. The average molecular weight is 237 g/mol. The first kappa shape index (κ1) is 12.9. The van der Waals surface area contributed by atoms with Gasteiger partial charge in [-0.2, -0.15) is 11.8 Å². The van der Waals surface area contributed by atoms with E-state index in [0.29, 0.717) is 6.04 Å². The van der Waals surface area contributed by atoms with Crippen molar-refractivity contribution < 1.29 is 0 Å². The number of nitrogens with zero attached hydrogens (tertiary/aromatic N) is 1. The third kappa shape index (κ3) is 3.17. The first-order valence-corrected chi connectivity index (χ1v) is 6.62. The maximum absolute atomic E-state index is 7.32. The van der Waals surface area contributed by atoms with Gasteiger partial charge < -0.3 is 10.6 Å². The molecule has 0 fully saturated rings. The molecule has 0 saturated heterocycles. The number of benzene rings is 1. The number of rotatable bonds is 5. The lowest BCUT2D eigenvalue weighted by Crippen LogP contribution is -2.30. The van der Waals surface area contributed by atoms with Gasteiger partial charge in [-0.15, -0.1) is 0 Å². The van der Waals surface area contributed by atoms with E-state index in [1.807, 2.05) is 36.0 Å². The number of hydrogen-bond donors (Lipinski definition) is 2. The van der Waals surface area contributed by atoms with Crippen molar-refractivity contribution in [1.82, 2.24) is 0 Å². The Hall–Kier alpha value is -1.16. The molecule has 1 aromatic rings. The van der Waals surface area contributed by atoms with E-state index >= 15 is 0 Å². The molecule has 3 nitrogen and oxygen atoms in total. The van der Waals surface area contributed by atoms with Crippen molar-refractivity contribution >= 4 is 23.3 Å². The Labute approximate surface area is 102 Å². The minimum absolute atomic E-state index is 0.117. The number of anilines is 1. The lowest BCUT2D eigenvalue weighted by molar-refractivity contribution is 0.765. The molecule has 0 radical (unpaired) electrons. The van der Waals surface area contributed by atoms with Crippen LogP contribution in [0.3, 0.4) is 0 Å². The second-order valence-electron chi connectivity index (χ2n) is 3.88. The summed E-state index contributed by atoms with van der Waals surface area (Å²) in [6.07, 6.45) is 2.11. The largest absolute Gasteiger partial charge is 0.384 e. The fraction of sp³-hybridized carbons (Fsp3) is 0.417. The van der Waals surface area contributed by atoms with Crippen molar-refractivity contribution in [2.24, 2.45) is 5.73 Å². The maximum atomic E-state index is 7.32. The Bertz CT molecular complexity index is 348. The normalized spacial score (nSPS) is 12.2.